The molecule has 1 aromatic heterocycles. The number of carbonyl (C=O) groups excluding carboxylic acids is 2. The fraction of sp³-hybridized carbons (Fsp3) is 0.409. The number of hydrogen-bond donors (Lipinski definition) is 2. The quantitative estimate of drug-likeness (QED) is 0.678. The van der Waals surface area contributed by atoms with Crippen molar-refractivity contribution < 1.29 is 19.5 Å². The van der Waals surface area contributed by atoms with Crippen LogP contribution in [0.25, 0.3) is 0 Å². The zero-order chi connectivity index (χ0) is 21.5. The van der Waals surface area contributed by atoms with Crippen LogP contribution in [0.4, 0.5) is 0 Å². The minimum atomic E-state index is -0.250. The molecule has 4 rings (SSSR count). The third-order valence-corrected chi connectivity index (χ3v) is 6.81. The maximum Gasteiger partial charge on any atom is 0.290 e. The van der Waals surface area contributed by atoms with E-state index < -0.39 is 0 Å². The number of likely N-dealkylation sites (tertiary alicyclic amines) is 1. The number of piperidine rings is 1. The van der Waals surface area contributed by atoms with Gasteiger partial charge in [0.15, 0.2) is 5.78 Å². The van der Waals surface area contributed by atoms with Gasteiger partial charge in [-0.3, -0.25) is 19.3 Å². The van der Waals surface area contributed by atoms with Crippen LogP contribution < -0.4 is 5.32 Å². The van der Waals surface area contributed by atoms with Crippen molar-refractivity contribution in [2.45, 2.75) is 32.2 Å². The highest BCUT2D eigenvalue weighted by Crippen LogP contribution is 2.26. The summed E-state index contributed by atoms with van der Waals surface area (Å²) < 4.78 is 0.844. The summed E-state index contributed by atoms with van der Waals surface area (Å²) in [4.78, 5) is 36.6. The lowest BCUT2D eigenvalue weighted by Gasteiger charge is -2.31. The molecule has 1 aliphatic heterocycles. The molecule has 0 atom stereocenters. The first kappa shape index (κ1) is 22.5. The number of fused-ring (bicyclic) bond motifs is 1. The zero-order valence-electron chi connectivity index (χ0n) is 16.6. The number of ketones is 1. The molecule has 1 amide bonds. The Bertz CT molecular complexity index is 906. The van der Waals surface area contributed by atoms with Crippen molar-refractivity contribution in [2.75, 3.05) is 19.6 Å². The van der Waals surface area contributed by atoms with Crippen molar-refractivity contribution in [3.05, 3.63) is 56.2 Å². The molecule has 0 saturated carbocycles. The van der Waals surface area contributed by atoms with E-state index >= 15 is 0 Å². The number of nitrogens with one attached hydrogen (secondary N) is 1. The van der Waals surface area contributed by atoms with Gasteiger partial charge in [-0.05, 0) is 62.0 Å². The average molecular weight is 449 g/mol. The van der Waals surface area contributed by atoms with Gasteiger partial charge in [0.2, 0.25) is 0 Å². The summed E-state index contributed by atoms with van der Waals surface area (Å²) >= 11 is 7.65. The molecule has 8 heteroatoms. The minimum Gasteiger partial charge on any atom is -0.483 e. The highest BCUT2D eigenvalue weighted by atomic mass is 35.5. The van der Waals surface area contributed by atoms with Gasteiger partial charge in [0, 0.05) is 35.5 Å². The number of halogens is 1. The van der Waals surface area contributed by atoms with E-state index in [1.54, 1.807) is 11.3 Å². The van der Waals surface area contributed by atoms with Crippen molar-refractivity contribution >= 4 is 41.1 Å². The SMILES string of the molecule is O=C1CCc2c1cccc2C(=O)NCC1CCN(Cc2ccc(Cl)s2)CC1.O=CO. The lowest BCUT2D eigenvalue weighted by Crippen LogP contribution is -2.38. The van der Waals surface area contributed by atoms with Crippen LogP contribution in [-0.4, -0.2) is 47.8 Å². The number of benzene rings is 1. The van der Waals surface area contributed by atoms with Gasteiger partial charge in [0.05, 0.1) is 4.34 Å². The fourth-order valence-electron chi connectivity index (χ4n) is 4.04. The molecule has 2 N–H and O–H groups in total. The van der Waals surface area contributed by atoms with E-state index in [9.17, 15) is 9.59 Å². The largest absolute Gasteiger partial charge is 0.483 e. The Kier molecular flexibility index (Phi) is 8.01. The Hall–Kier alpha value is -2.22. The molecule has 2 aliphatic rings. The van der Waals surface area contributed by atoms with Gasteiger partial charge in [-0.1, -0.05) is 23.7 Å². The molecule has 1 aromatic carbocycles. The van der Waals surface area contributed by atoms with E-state index in [1.807, 2.05) is 24.3 Å². The van der Waals surface area contributed by atoms with Gasteiger partial charge in [0.1, 0.15) is 0 Å². The van der Waals surface area contributed by atoms with Crippen molar-refractivity contribution in [3.63, 3.8) is 0 Å². The van der Waals surface area contributed by atoms with Crippen molar-refractivity contribution in [3.8, 4) is 0 Å². The first-order valence-corrected chi connectivity index (χ1v) is 11.2. The molecule has 0 radical (unpaired) electrons. The summed E-state index contributed by atoms with van der Waals surface area (Å²) in [6.45, 7) is 3.51. The number of thiophene rings is 1. The van der Waals surface area contributed by atoms with Crippen LogP contribution in [-0.2, 0) is 17.8 Å². The summed E-state index contributed by atoms with van der Waals surface area (Å²) in [6.07, 6.45) is 3.38. The number of carboxylic acid groups (broad SMARTS) is 1. The van der Waals surface area contributed by atoms with Crippen LogP contribution >= 0.6 is 22.9 Å². The van der Waals surface area contributed by atoms with Crippen molar-refractivity contribution in [1.82, 2.24) is 10.2 Å². The highest BCUT2D eigenvalue weighted by molar-refractivity contribution is 7.16. The molecule has 2 heterocycles. The van der Waals surface area contributed by atoms with Crippen molar-refractivity contribution in [1.29, 1.82) is 0 Å². The average Bonchev–Trinajstić information content (AvgIpc) is 3.33. The fourth-order valence-corrected chi connectivity index (χ4v) is 5.17. The number of rotatable bonds is 5. The summed E-state index contributed by atoms with van der Waals surface area (Å²) in [6, 6.07) is 9.53. The molecule has 1 saturated heterocycles. The number of carbonyl (C=O) groups is 3. The number of nitrogens with zero attached hydrogens (tertiary/aromatic N) is 1. The first-order valence-electron chi connectivity index (χ1n) is 9.99. The summed E-state index contributed by atoms with van der Waals surface area (Å²) in [5.41, 5.74) is 2.32. The van der Waals surface area contributed by atoms with Crippen LogP contribution in [0, 0.1) is 5.92 Å². The standard InChI is InChI=1S/C21H23ClN2O2S.CH2O2/c22-20-7-4-15(27-20)13-24-10-8-14(9-11-24)12-23-21(26)18-3-1-2-17-16(18)5-6-19(17)25;2-1-3/h1-4,7,14H,5-6,8-13H2,(H,23,26);1H,(H,2,3). The lowest BCUT2D eigenvalue weighted by molar-refractivity contribution is -0.122. The molecule has 1 aliphatic carbocycles. The second-order valence-electron chi connectivity index (χ2n) is 7.50. The van der Waals surface area contributed by atoms with E-state index in [4.69, 9.17) is 21.5 Å². The molecule has 1 fully saturated rings. The molecular weight excluding hydrogens is 424 g/mol. The van der Waals surface area contributed by atoms with E-state index in [0.29, 0.717) is 30.9 Å². The number of hydrogen-bond acceptors (Lipinski definition) is 5. The molecule has 0 unspecified atom stereocenters. The van der Waals surface area contributed by atoms with Crippen molar-refractivity contribution in [2.24, 2.45) is 5.92 Å². The Morgan fingerprint density at radius 3 is 2.63 bits per heavy atom. The van der Waals surface area contributed by atoms with E-state index in [0.717, 1.165) is 47.9 Å². The molecule has 0 spiro atoms. The van der Waals surface area contributed by atoms with Crippen LogP contribution in [0.1, 0.15) is 50.4 Å². The summed E-state index contributed by atoms with van der Waals surface area (Å²) in [7, 11) is 0. The third kappa shape index (κ3) is 5.68. The summed E-state index contributed by atoms with van der Waals surface area (Å²) in [5.74, 6) is 0.617. The van der Waals surface area contributed by atoms with Gasteiger partial charge in [-0.2, -0.15) is 0 Å². The van der Waals surface area contributed by atoms with Gasteiger partial charge in [-0.25, -0.2) is 0 Å². The molecular formula is C22H25ClN2O4S. The Morgan fingerprint density at radius 1 is 1.23 bits per heavy atom. The monoisotopic (exact) mass is 448 g/mol. The number of amides is 1. The second kappa shape index (κ2) is 10.7. The van der Waals surface area contributed by atoms with Crippen LogP contribution in [0.15, 0.2) is 30.3 Å². The maximum atomic E-state index is 12.6. The predicted molar refractivity (Wildman–Crippen MR) is 117 cm³/mol. The normalized spacial score (nSPS) is 16.5. The lowest BCUT2D eigenvalue weighted by atomic mass is 9.96. The number of Topliss-reactive ketones (excluding diaryl/α,β-unsaturated/α-hetero) is 1. The van der Waals surface area contributed by atoms with Crippen LogP contribution in [0.5, 0.6) is 0 Å². The third-order valence-electron chi connectivity index (χ3n) is 5.59. The Labute approximate surface area is 184 Å². The van der Waals surface area contributed by atoms with E-state index in [-0.39, 0.29) is 18.2 Å². The predicted octanol–water partition coefficient (Wildman–Crippen LogP) is 3.87. The van der Waals surface area contributed by atoms with E-state index in [1.165, 1.54) is 4.88 Å². The molecule has 30 heavy (non-hydrogen) atoms. The Balaban J connectivity index is 0.000000806. The smallest absolute Gasteiger partial charge is 0.290 e. The molecule has 2 aromatic rings. The van der Waals surface area contributed by atoms with Gasteiger partial charge >= 0.3 is 0 Å². The second-order valence-corrected chi connectivity index (χ2v) is 9.30. The maximum absolute atomic E-state index is 12.6. The van der Waals surface area contributed by atoms with Crippen LogP contribution in [0.3, 0.4) is 0 Å². The topological polar surface area (TPSA) is 86.7 Å². The van der Waals surface area contributed by atoms with Gasteiger partial charge in [-0.15, -0.1) is 11.3 Å². The molecule has 6 nitrogen and oxygen atoms in total. The summed E-state index contributed by atoms with van der Waals surface area (Å²) in [5, 5.41) is 9.99. The Morgan fingerprint density at radius 2 is 1.97 bits per heavy atom. The highest BCUT2D eigenvalue weighted by Gasteiger charge is 2.25. The van der Waals surface area contributed by atoms with E-state index in [2.05, 4.69) is 16.3 Å². The van der Waals surface area contributed by atoms with Gasteiger partial charge in [0.25, 0.3) is 12.4 Å². The molecule has 0 bridgehead atoms. The zero-order valence-corrected chi connectivity index (χ0v) is 18.2. The first-order chi connectivity index (χ1) is 14.5. The van der Waals surface area contributed by atoms with Gasteiger partial charge < -0.3 is 10.4 Å². The molecule has 160 valence electrons. The minimum absolute atomic E-state index is 0.0443. The van der Waals surface area contributed by atoms with Crippen LogP contribution in [0.2, 0.25) is 4.34 Å².